The summed E-state index contributed by atoms with van der Waals surface area (Å²) >= 11 is 0. The highest BCUT2D eigenvalue weighted by Gasteiger charge is 2.46. The van der Waals surface area contributed by atoms with Crippen LogP contribution in [-0.4, -0.2) is 71.5 Å². The van der Waals surface area contributed by atoms with Crippen molar-refractivity contribution in [2.75, 3.05) is 26.2 Å². The number of nitrogens with zero attached hydrogens (tertiary/aromatic N) is 2. The largest absolute Gasteiger partial charge is 0.414 e. The Hall–Kier alpha value is -1.03. The molecule has 2 aliphatic heterocycles. The number of hydrogen-bond acceptors (Lipinski definition) is 3. The molecule has 2 fully saturated rings. The third-order valence-corrected chi connectivity index (χ3v) is 4.44. The number of piperidine rings is 1. The second-order valence-electron chi connectivity index (χ2n) is 6.04. The Kier molecular flexibility index (Phi) is 5.15. The van der Waals surface area contributed by atoms with E-state index in [0.717, 1.165) is 4.90 Å². The molecule has 0 spiro atoms. The molecular formula is C13H18F6N2O2. The van der Waals surface area contributed by atoms with E-state index in [1.54, 1.807) is 4.90 Å². The molecule has 2 saturated heterocycles. The molecule has 0 aromatic heterocycles. The smallest absolute Gasteiger partial charge is 0.383 e. The average molecular weight is 348 g/mol. The van der Waals surface area contributed by atoms with E-state index < -0.39 is 42.9 Å². The number of aliphatic hydroxyl groups excluding tert-OH is 1. The minimum absolute atomic E-state index is 0.00584. The summed E-state index contributed by atoms with van der Waals surface area (Å²) < 4.78 is 74.5. The maximum Gasteiger partial charge on any atom is 0.414 e. The minimum Gasteiger partial charge on any atom is -0.383 e. The van der Waals surface area contributed by atoms with E-state index in [2.05, 4.69) is 0 Å². The zero-order valence-electron chi connectivity index (χ0n) is 12.2. The number of likely N-dealkylation sites (tertiary alicyclic amines) is 2. The molecule has 10 heteroatoms. The third-order valence-electron chi connectivity index (χ3n) is 4.44. The maximum absolute atomic E-state index is 12.5. The van der Waals surface area contributed by atoms with Crippen molar-refractivity contribution in [2.45, 2.75) is 43.8 Å². The molecule has 0 bridgehead atoms. The summed E-state index contributed by atoms with van der Waals surface area (Å²) in [5, 5.41) is 9.24. The summed E-state index contributed by atoms with van der Waals surface area (Å²) in [6.07, 6.45) is -11.2. The van der Waals surface area contributed by atoms with Gasteiger partial charge in [0.25, 0.3) is 0 Å². The van der Waals surface area contributed by atoms with Gasteiger partial charge in [0.2, 0.25) is 5.91 Å². The SMILES string of the molecule is O=C1C(N2CCC(C(O)C(F)(F)F)CC2)CCN1CC(F)(F)F. The lowest BCUT2D eigenvalue weighted by Crippen LogP contribution is -2.49. The third kappa shape index (κ3) is 4.50. The molecule has 0 saturated carbocycles. The quantitative estimate of drug-likeness (QED) is 0.791. The highest BCUT2D eigenvalue weighted by atomic mass is 19.4. The van der Waals surface area contributed by atoms with Gasteiger partial charge in [0.1, 0.15) is 6.54 Å². The summed E-state index contributed by atoms with van der Waals surface area (Å²) in [5.41, 5.74) is 0. The Morgan fingerprint density at radius 2 is 1.61 bits per heavy atom. The van der Waals surface area contributed by atoms with Gasteiger partial charge in [0, 0.05) is 6.54 Å². The Balaban J connectivity index is 1.88. The molecule has 1 amide bonds. The van der Waals surface area contributed by atoms with Gasteiger partial charge in [-0.1, -0.05) is 0 Å². The number of amides is 1. The first-order valence-corrected chi connectivity index (χ1v) is 7.33. The lowest BCUT2D eigenvalue weighted by Gasteiger charge is -2.37. The lowest BCUT2D eigenvalue weighted by atomic mass is 9.90. The fourth-order valence-electron chi connectivity index (χ4n) is 3.25. The van der Waals surface area contributed by atoms with Gasteiger partial charge in [-0.3, -0.25) is 9.69 Å². The number of alkyl halides is 6. The van der Waals surface area contributed by atoms with Crippen LogP contribution >= 0.6 is 0 Å². The normalized spacial score (nSPS) is 26.8. The van der Waals surface area contributed by atoms with Crippen molar-refractivity contribution in [2.24, 2.45) is 5.92 Å². The number of carbonyl (C=O) groups excluding carboxylic acids is 1. The first kappa shape index (κ1) is 18.3. The summed E-state index contributed by atoms with van der Waals surface area (Å²) in [6.45, 7) is -0.984. The summed E-state index contributed by atoms with van der Waals surface area (Å²) in [4.78, 5) is 14.4. The Morgan fingerprint density at radius 3 is 2.09 bits per heavy atom. The van der Waals surface area contributed by atoms with Crippen LogP contribution in [0.3, 0.4) is 0 Å². The van der Waals surface area contributed by atoms with Crippen LogP contribution in [0.1, 0.15) is 19.3 Å². The molecule has 2 unspecified atom stereocenters. The molecule has 1 N–H and O–H groups in total. The van der Waals surface area contributed by atoms with Crippen LogP contribution < -0.4 is 0 Å². The lowest BCUT2D eigenvalue weighted by molar-refractivity contribution is -0.223. The molecule has 0 aromatic rings. The predicted octanol–water partition coefficient (Wildman–Crippen LogP) is 1.78. The molecule has 0 aromatic carbocycles. The Morgan fingerprint density at radius 1 is 1.04 bits per heavy atom. The van der Waals surface area contributed by atoms with Gasteiger partial charge in [-0.15, -0.1) is 0 Å². The van der Waals surface area contributed by atoms with Crippen molar-refractivity contribution in [3.63, 3.8) is 0 Å². The number of hydrogen-bond donors (Lipinski definition) is 1. The van der Waals surface area contributed by atoms with E-state index in [-0.39, 0.29) is 38.9 Å². The molecule has 2 aliphatic rings. The van der Waals surface area contributed by atoms with E-state index in [4.69, 9.17) is 0 Å². The van der Waals surface area contributed by atoms with Gasteiger partial charge in [0.05, 0.1) is 6.04 Å². The van der Waals surface area contributed by atoms with Gasteiger partial charge < -0.3 is 10.0 Å². The molecule has 23 heavy (non-hydrogen) atoms. The highest BCUT2D eigenvalue weighted by Crippen LogP contribution is 2.33. The fraction of sp³-hybridized carbons (Fsp3) is 0.923. The van der Waals surface area contributed by atoms with Crippen molar-refractivity contribution >= 4 is 5.91 Å². The van der Waals surface area contributed by atoms with E-state index in [9.17, 15) is 36.2 Å². The number of rotatable bonds is 3. The molecule has 4 nitrogen and oxygen atoms in total. The molecule has 2 rings (SSSR count). The number of carbonyl (C=O) groups is 1. The predicted molar refractivity (Wildman–Crippen MR) is 67.4 cm³/mol. The zero-order valence-corrected chi connectivity index (χ0v) is 12.2. The molecular weight excluding hydrogens is 330 g/mol. The van der Waals surface area contributed by atoms with Gasteiger partial charge in [0.15, 0.2) is 6.10 Å². The van der Waals surface area contributed by atoms with Crippen LogP contribution in [0.2, 0.25) is 0 Å². The van der Waals surface area contributed by atoms with Crippen LogP contribution in [0.15, 0.2) is 0 Å². The molecule has 2 atom stereocenters. The fourth-order valence-corrected chi connectivity index (χ4v) is 3.25. The maximum atomic E-state index is 12.5. The molecule has 0 radical (unpaired) electrons. The second kappa shape index (κ2) is 6.46. The van der Waals surface area contributed by atoms with Crippen molar-refractivity contribution < 1.29 is 36.2 Å². The Bertz CT molecular complexity index is 431. The minimum atomic E-state index is -4.68. The standard InChI is InChI=1S/C13H18F6N2O2/c14-12(15,16)7-21-6-3-9(11(21)23)20-4-1-8(2-5-20)10(22)13(17,18)19/h8-10,22H,1-7H2. The summed E-state index contributed by atoms with van der Waals surface area (Å²) in [5.74, 6) is -1.56. The average Bonchev–Trinajstić information content (AvgIpc) is 2.77. The van der Waals surface area contributed by atoms with Crippen molar-refractivity contribution in [3.8, 4) is 0 Å². The van der Waals surface area contributed by atoms with Crippen LogP contribution in [0.25, 0.3) is 0 Å². The molecule has 0 aliphatic carbocycles. The van der Waals surface area contributed by atoms with E-state index in [1.807, 2.05) is 0 Å². The van der Waals surface area contributed by atoms with Crippen LogP contribution in [0.4, 0.5) is 26.3 Å². The van der Waals surface area contributed by atoms with Crippen LogP contribution in [0.5, 0.6) is 0 Å². The van der Waals surface area contributed by atoms with Gasteiger partial charge in [-0.2, -0.15) is 26.3 Å². The van der Waals surface area contributed by atoms with Crippen LogP contribution in [0, 0.1) is 5.92 Å². The summed E-state index contributed by atoms with van der Waals surface area (Å²) in [6, 6.07) is -0.707. The van der Waals surface area contributed by atoms with Gasteiger partial charge >= 0.3 is 12.4 Å². The van der Waals surface area contributed by atoms with Crippen molar-refractivity contribution in [1.29, 1.82) is 0 Å². The highest BCUT2D eigenvalue weighted by molar-refractivity contribution is 5.84. The molecule has 134 valence electrons. The first-order chi connectivity index (χ1) is 10.5. The van der Waals surface area contributed by atoms with Gasteiger partial charge in [-0.05, 0) is 38.3 Å². The van der Waals surface area contributed by atoms with Crippen molar-refractivity contribution in [1.82, 2.24) is 9.80 Å². The number of aliphatic hydroxyl groups is 1. The molecule has 2 heterocycles. The van der Waals surface area contributed by atoms with Gasteiger partial charge in [-0.25, -0.2) is 0 Å². The van der Waals surface area contributed by atoms with E-state index in [0.29, 0.717) is 0 Å². The van der Waals surface area contributed by atoms with E-state index >= 15 is 0 Å². The van der Waals surface area contributed by atoms with Crippen molar-refractivity contribution in [3.05, 3.63) is 0 Å². The zero-order chi connectivity index (χ0) is 17.4. The number of halogens is 6. The second-order valence-corrected chi connectivity index (χ2v) is 6.04. The van der Waals surface area contributed by atoms with E-state index in [1.165, 1.54) is 0 Å². The Labute approximate surface area is 129 Å². The first-order valence-electron chi connectivity index (χ1n) is 7.33. The summed E-state index contributed by atoms with van der Waals surface area (Å²) in [7, 11) is 0. The topological polar surface area (TPSA) is 43.8 Å². The van der Waals surface area contributed by atoms with Crippen LogP contribution in [-0.2, 0) is 4.79 Å². The monoisotopic (exact) mass is 348 g/mol.